The molecule has 2 aromatic rings. The minimum atomic E-state index is -0.371. The van der Waals surface area contributed by atoms with Gasteiger partial charge in [0.25, 0.3) is 5.56 Å². The first-order valence-corrected chi connectivity index (χ1v) is 4.74. The van der Waals surface area contributed by atoms with Gasteiger partial charge < -0.3 is 10.3 Å². The number of hydrogen-bond donors (Lipinski definition) is 2. The van der Waals surface area contributed by atoms with Gasteiger partial charge in [-0.25, -0.2) is 9.78 Å². The standard InChI is InChI=1S/C7H8N4O2.C2H5NO/c1-10-5-4(8-3-9-5)6(12)11(2)7(10)13;1-3-2-4/h3H,1-2H3,(H,8,9);2H,1H3,(H,3,4). The van der Waals surface area contributed by atoms with Gasteiger partial charge in [-0.3, -0.25) is 18.7 Å². The number of imidazole rings is 1. The Bertz CT molecular complexity index is 636. The number of amides is 1. The van der Waals surface area contributed by atoms with Crippen LogP contribution < -0.4 is 16.6 Å². The molecule has 0 aliphatic carbocycles. The van der Waals surface area contributed by atoms with Gasteiger partial charge in [-0.2, -0.15) is 0 Å². The molecule has 2 N–H and O–H groups in total. The van der Waals surface area contributed by atoms with Crippen LogP contribution in [0.1, 0.15) is 0 Å². The second-order valence-corrected chi connectivity index (χ2v) is 3.21. The zero-order valence-corrected chi connectivity index (χ0v) is 9.72. The fourth-order valence-electron chi connectivity index (χ4n) is 1.27. The molecule has 0 spiro atoms. The smallest absolute Gasteiger partial charge is 0.332 e. The Kier molecular flexibility index (Phi) is 3.81. The topological polar surface area (TPSA) is 102 Å². The lowest BCUT2D eigenvalue weighted by Gasteiger charge is -2.00. The Balaban J connectivity index is 0.000000317. The maximum Gasteiger partial charge on any atom is 0.332 e. The fourth-order valence-corrected chi connectivity index (χ4v) is 1.27. The van der Waals surface area contributed by atoms with Gasteiger partial charge in [0.05, 0.1) is 6.33 Å². The molecule has 0 aliphatic heterocycles. The summed E-state index contributed by atoms with van der Waals surface area (Å²) in [5.41, 5.74) is 0.0119. The largest absolute Gasteiger partial charge is 0.362 e. The number of rotatable bonds is 1. The van der Waals surface area contributed by atoms with E-state index in [1.807, 2.05) is 0 Å². The van der Waals surface area contributed by atoms with Crippen molar-refractivity contribution in [2.24, 2.45) is 14.1 Å². The van der Waals surface area contributed by atoms with Crippen molar-refractivity contribution in [3.8, 4) is 0 Å². The minimum Gasteiger partial charge on any atom is -0.362 e. The SMILES string of the molecule is CNC=O.Cn1c(=O)c2[nH]cnc2n(C)c1=O. The lowest BCUT2D eigenvalue weighted by atomic mass is 10.5. The number of nitrogens with zero attached hydrogens (tertiary/aromatic N) is 3. The predicted octanol–water partition coefficient (Wildman–Crippen LogP) is -1.68. The molecule has 0 aliphatic rings. The predicted molar refractivity (Wildman–Crippen MR) is 61.7 cm³/mol. The zero-order chi connectivity index (χ0) is 13.0. The van der Waals surface area contributed by atoms with E-state index in [0.29, 0.717) is 17.6 Å². The molecule has 92 valence electrons. The number of aromatic nitrogens is 4. The second-order valence-electron chi connectivity index (χ2n) is 3.21. The molecule has 8 nitrogen and oxygen atoms in total. The van der Waals surface area contributed by atoms with Gasteiger partial charge in [0.15, 0.2) is 5.65 Å². The summed E-state index contributed by atoms with van der Waals surface area (Å²) in [5.74, 6) is 0. The fraction of sp³-hybridized carbons (Fsp3) is 0.333. The van der Waals surface area contributed by atoms with Gasteiger partial charge in [-0.15, -0.1) is 0 Å². The van der Waals surface area contributed by atoms with E-state index in [4.69, 9.17) is 4.79 Å². The van der Waals surface area contributed by atoms with E-state index in [-0.39, 0.29) is 11.2 Å². The van der Waals surface area contributed by atoms with Crippen molar-refractivity contribution in [3.05, 3.63) is 27.2 Å². The first-order valence-electron chi connectivity index (χ1n) is 4.74. The lowest BCUT2D eigenvalue weighted by Crippen LogP contribution is -2.36. The van der Waals surface area contributed by atoms with Gasteiger partial charge in [0, 0.05) is 21.1 Å². The van der Waals surface area contributed by atoms with Gasteiger partial charge in [0.2, 0.25) is 6.41 Å². The van der Waals surface area contributed by atoms with E-state index in [2.05, 4.69) is 15.3 Å². The van der Waals surface area contributed by atoms with Crippen LogP contribution in [-0.2, 0) is 18.9 Å². The van der Waals surface area contributed by atoms with Crippen LogP contribution in [0.15, 0.2) is 15.9 Å². The van der Waals surface area contributed by atoms with E-state index in [9.17, 15) is 9.59 Å². The van der Waals surface area contributed by atoms with Crippen molar-refractivity contribution in [1.82, 2.24) is 24.4 Å². The van der Waals surface area contributed by atoms with Crippen LogP contribution in [0.3, 0.4) is 0 Å². The Morgan fingerprint density at radius 3 is 2.47 bits per heavy atom. The molecule has 8 heteroatoms. The Hall–Kier alpha value is -2.38. The summed E-state index contributed by atoms with van der Waals surface area (Å²) in [5, 5.41) is 2.25. The molecule has 0 unspecified atom stereocenters. The summed E-state index contributed by atoms with van der Waals surface area (Å²) in [7, 11) is 4.57. The molecule has 0 bridgehead atoms. The lowest BCUT2D eigenvalue weighted by molar-refractivity contribution is -0.109. The summed E-state index contributed by atoms with van der Waals surface area (Å²) in [6.07, 6.45) is 2.02. The van der Waals surface area contributed by atoms with E-state index in [1.54, 1.807) is 14.1 Å². The van der Waals surface area contributed by atoms with Crippen LogP contribution in [0.2, 0.25) is 0 Å². The van der Waals surface area contributed by atoms with Crippen molar-refractivity contribution >= 4 is 17.6 Å². The third-order valence-electron chi connectivity index (χ3n) is 2.15. The second kappa shape index (κ2) is 5.10. The molecule has 0 aromatic carbocycles. The van der Waals surface area contributed by atoms with Crippen molar-refractivity contribution in [2.45, 2.75) is 0 Å². The van der Waals surface area contributed by atoms with Gasteiger partial charge in [0.1, 0.15) is 5.52 Å². The number of hydrogen-bond acceptors (Lipinski definition) is 4. The Labute approximate surface area is 95.9 Å². The highest BCUT2D eigenvalue weighted by Gasteiger charge is 2.08. The van der Waals surface area contributed by atoms with Crippen LogP contribution in [0.25, 0.3) is 11.2 Å². The van der Waals surface area contributed by atoms with E-state index in [0.717, 1.165) is 4.57 Å². The van der Waals surface area contributed by atoms with Gasteiger partial charge >= 0.3 is 5.69 Å². The quantitative estimate of drug-likeness (QED) is 0.580. The molecule has 0 saturated carbocycles. The molecule has 0 radical (unpaired) electrons. The molecule has 2 aromatic heterocycles. The number of fused-ring (bicyclic) bond motifs is 1. The number of nitrogens with one attached hydrogen (secondary N) is 2. The van der Waals surface area contributed by atoms with Crippen molar-refractivity contribution in [1.29, 1.82) is 0 Å². The van der Waals surface area contributed by atoms with Crippen LogP contribution in [0.4, 0.5) is 0 Å². The molecule has 0 fully saturated rings. The van der Waals surface area contributed by atoms with Gasteiger partial charge in [-0.1, -0.05) is 0 Å². The third-order valence-corrected chi connectivity index (χ3v) is 2.15. The van der Waals surface area contributed by atoms with E-state index >= 15 is 0 Å². The average molecular weight is 239 g/mol. The molecule has 17 heavy (non-hydrogen) atoms. The zero-order valence-electron chi connectivity index (χ0n) is 9.72. The molecular formula is C9H13N5O3. The highest BCUT2D eigenvalue weighted by atomic mass is 16.2. The Morgan fingerprint density at radius 2 is 1.94 bits per heavy atom. The maximum absolute atomic E-state index is 11.4. The monoisotopic (exact) mass is 239 g/mol. The number of aryl methyl sites for hydroxylation is 1. The summed E-state index contributed by atoms with van der Waals surface area (Å²) in [6.45, 7) is 0. The summed E-state index contributed by atoms with van der Waals surface area (Å²) in [4.78, 5) is 38.4. The summed E-state index contributed by atoms with van der Waals surface area (Å²) >= 11 is 0. The molecule has 0 saturated heterocycles. The highest BCUT2D eigenvalue weighted by molar-refractivity contribution is 5.68. The normalized spacial score (nSPS) is 9.59. The molecule has 2 rings (SSSR count). The third kappa shape index (κ3) is 2.25. The molecule has 2 heterocycles. The molecule has 1 amide bonds. The van der Waals surface area contributed by atoms with Crippen LogP contribution in [0, 0.1) is 0 Å². The number of carbonyl (C=O) groups excluding carboxylic acids is 1. The van der Waals surface area contributed by atoms with Crippen LogP contribution in [-0.4, -0.2) is 32.6 Å². The van der Waals surface area contributed by atoms with Gasteiger partial charge in [-0.05, 0) is 0 Å². The van der Waals surface area contributed by atoms with Crippen LogP contribution in [0.5, 0.6) is 0 Å². The molecular weight excluding hydrogens is 226 g/mol. The van der Waals surface area contributed by atoms with Crippen LogP contribution >= 0.6 is 0 Å². The maximum atomic E-state index is 11.4. The first-order chi connectivity index (χ1) is 8.04. The highest BCUT2D eigenvalue weighted by Crippen LogP contribution is 1.97. The van der Waals surface area contributed by atoms with Crippen molar-refractivity contribution in [2.75, 3.05) is 7.05 Å². The summed E-state index contributed by atoms with van der Waals surface area (Å²) in [6, 6.07) is 0. The summed E-state index contributed by atoms with van der Waals surface area (Å²) < 4.78 is 2.37. The number of H-pyrrole nitrogens is 1. The molecule has 0 atom stereocenters. The van der Waals surface area contributed by atoms with E-state index < -0.39 is 0 Å². The van der Waals surface area contributed by atoms with Crippen molar-refractivity contribution in [3.63, 3.8) is 0 Å². The minimum absolute atomic E-state index is 0.351. The Morgan fingerprint density at radius 1 is 1.35 bits per heavy atom. The average Bonchev–Trinajstić information content (AvgIpc) is 2.83. The first kappa shape index (κ1) is 12.7. The van der Waals surface area contributed by atoms with E-state index in [1.165, 1.54) is 17.9 Å². The number of aromatic amines is 1. The van der Waals surface area contributed by atoms with Crippen molar-refractivity contribution < 1.29 is 4.79 Å². The number of carbonyl (C=O) groups is 1.